The Morgan fingerprint density at radius 3 is 2.73 bits per heavy atom. The van der Waals surface area contributed by atoms with Crippen LogP contribution in [0.2, 0.25) is 0 Å². The fourth-order valence-electron chi connectivity index (χ4n) is 1.85. The van der Waals surface area contributed by atoms with Gasteiger partial charge in [0.05, 0.1) is 0 Å². The van der Waals surface area contributed by atoms with E-state index in [4.69, 9.17) is 0 Å². The molecular formula is C16H19FN4O. The van der Waals surface area contributed by atoms with E-state index < -0.39 is 0 Å². The van der Waals surface area contributed by atoms with Crippen molar-refractivity contribution in [1.82, 2.24) is 15.3 Å². The minimum absolute atomic E-state index is 0.249. The molecule has 1 aromatic heterocycles. The lowest BCUT2D eigenvalue weighted by Gasteiger charge is -2.10. The van der Waals surface area contributed by atoms with E-state index in [1.807, 2.05) is 13.8 Å². The number of amides is 1. The Labute approximate surface area is 129 Å². The van der Waals surface area contributed by atoms with E-state index in [1.165, 1.54) is 12.1 Å². The van der Waals surface area contributed by atoms with Crippen molar-refractivity contribution in [3.63, 3.8) is 0 Å². The molecule has 0 aliphatic carbocycles. The molecule has 116 valence electrons. The van der Waals surface area contributed by atoms with E-state index in [0.717, 1.165) is 0 Å². The van der Waals surface area contributed by atoms with Crippen molar-refractivity contribution >= 4 is 17.4 Å². The molecule has 1 aromatic carbocycles. The third-order valence-corrected chi connectivity index (χ3v) is 2.84. The van der Waals surface area contributed by atoms with E-state index >= 15 is 0 Å². The zero-order chi connectivity index (χ0) is 16.1. The van der Waals surface area contributed by atoms with E-state index in [0.29, 0.717) is 29.8 Å². The molecule has 0 saturated heterocycles. The van der Waals surface area contributed by atoms with Crippen LogP contribution in [0.4, 0.5) is 15.9 Å². The Balaban J connectivity index is 2.17. The van der Waals surface area contributed by atoms with Crippen molar-refractivity contribution in [3.05, 3.63) is 47.7 Å². The summed E-state index contributed by atoms with van der Waals surface area (Å²) in [5, 5.41) is 5.78. The first-order valence-electron chi connectivity index (χ1n) is 7.10. The summed E-state index contributed by atoms with van der Waals surface area (Å²) in [6.07, 6.45) is 0. The summed E-state index contributed by atoms with van der Waals surface area (Å²) >= 11 is 0. The number of carbonyl (C=O) groups excluding carboxylic acids is 1. The third-order valence-electron chi connectivity index (χ3n) is 2.84. The molecule has 0 saturated carbocycles. The molecule has 0 unspecified atom stereocenters. The topological polar surface area (TPSA) is 66.9 Å². The third kappa shape index (κ3) is 4.51. The number of anilines is 2. The number of carbonyl (C=O) groups is 1. The van der Waals surface area contributed by atoms with Crippen LogP contribution in [0, 0.1) is 18.7 Å². The highest BCUT2D eigenvalue weighted by Gasteiger charge is 2.11. The Bertz CT molecular complexity index is 673. The number of aryl methyl sites for hydroxylation is 1. The normalized spacial score (nSPS) is 10.6. The van der Waals surface area contributed by atoms with Gasteiger partial charge >= 0.3 is 0 Å². The molecule has 22 heavy (non-hydrogen) atoms. The van der Waals surface area contributed by atoms with Crippen LogP contribution in [0.15, 0.2) is 30.3 Å². The van der Waals surface area contributed by atoms with Crippen LogP contribution < -0.4 is 10.6 Å². The van der Waals surface area contributed by atoms with E-state index in [9.17, 15) is 9.18 Å². The van der Waals surface area contributed by atoms with Crippen molar-refractivity contribution in [1.29, 1.82) is 0 Å². The Kier molecular flexibility index (Phi) is 5.04. The summed E-state index contributed by atoms with van der Waals surface area (Å²) in [5.74, 6) is 0.688. The standard InChI is InChI=1S/C16H19FN4O/c1-10(2)9-18-16(22)14-8-15(20-11(3)19-14)21-13-6-4-5-12(17)7-13/h4-8,10H,9H2,1-3H3,(H,18,22)(H,19,20,21). The summed E-state index contributed by atoms with van der Waals surface area (Å²) in [6, 6.07) is 7.59. The predicted octanol–water partition coefficient (Wildman–Crippen LogP) is 3.05. The van der Waals surface area contributed by atoms with Gasteiger partial charge in [0.15, 0.2) is 0 Å². The average molecular weight is 302 g/mol. The van der Waals surface area contributed by atoms with Crippen LogP contribution in [0.5, 0.6) is 0 Å². The van der Waals surface area contributed by atoms with Gasteiger partial charge in [0.25, 0.3) is 5.91 Å². The number of aromatic nitrogens is 2. The monoisotopic (exact) mass is 302 g/mol. The maximum Gasteiger partial charge on any atom is 0.270 e. The second-order valence-electron chi connectivity index (χ2n) is 5.42. The Hall–Kier alpha value is -2.50. The number of nitrogens with zero attached hydrogens (tertiary/aromatic N) is 2. The minimum atomic E-state index is -0.342. The van der Waals surface area contributed by atoms with Gasteiger partial charge in [-0.3, -0.25) is 4.79 Å². The highest BCUT2D eigenvalue weighted by Crippen LogP contribution is 2.16. The van der Waals surface area contributed by atoms with Crippen molar-refractivity contribution in [2.75, 3.05) is 11.9 Å². The van der Waals surface area contributed by atoms with Crippen LogP contribution in [-0.2, 0) is 0 Å². The fourth-order valence-corrected chi connectivity index (χ4v) is 1.85. The van der Waals surface area contributed by atoms with Crippen LogP contribution >= 0.6 is 0 Å². The van der Waals surface area contributed by atoms with Crippen LogP contribution in [-0.4, -0.2) is 22.4 Å². The smallest absolute Gasteiger partial charge is 0.270 e. The molecule has 0 radical (unpaired) electrons. The Morgan fingerprint density at radius 2 is 2.05 bits per heavy atom. The van der Waals surface area contributed by atoms with Crippen molar-refractivity contribution < 1.29 is 9.18 Å². The molecule has 1 amide bonds. The summed E-state index contributed by atoms with van der Waals surface area (Å²) in [4.78, 5) is 20.4. The van der Waals surface area contributed by atoms with Gasteiger partial charge in [-0.05, 0) is 31.0 Å². The summed E-state index contributed by atoms with van der Waals surface area (Å²) in [6.45, 7) is 6.31. The summed E-state index contributed by atoms with van der Waals surface area (Å²) in [7, 11) is 0. The van der Waals surface area contributed by atoms with Crippen molar-refractivity contribution in [2.45, 2.75) is 20.8 Å². The Morgan fingerprint density at radius 1 is 1.27 bits per heavy atom. The second kappa shape index (κ2) is 6.98. The largest absolute Gasteiger partial charge is 0.350 e. The fraction of sp³-hybridized carbons (Fsp3) is 0.312. The highest BCUT2D eigenvalue weighted by atomic mass is 19.1. The van der Waals surface area contributed by atoms with Crippen molar-refractivity contribution in [3.8, 4) is 0 Å². The molecule has 0 aliphatic rings. The molecule has 2 aromatic rings. The van der Waals surface area contributed by atoms with Gasteiger partial charge in [-0.25, -0.2) is 14.4 Å². The minimum Gasteiger partial charge on any atom is -0.350 e. The van der Waals surface area contributed by atoms with E-state index in [-0.39, 0.29) is 17.4 Å². The number of rotatable bonds is 5. The molecule has 5 nitrogen and oxygen atoms in total. The molecule has 0 fully saturated rings. The molecule has 2 rings (SSSR count). The van der Waals surface area contributed by atoms with Gasteiger partial charge in [0.1, 0.15) is 23.2 Å². The molecule has 0 bridgehead atoms. The SMILES string of the molecule is Cc1nc(Nc2cccc(F)c2)cc(C(=O)NCC(C)C)n1. The van der Waals surface area contributed by atoms with Crippen LogP contribution in [0.3, 0.4) is 0 Å². The molecule has 6 heteroatoms. The van der Waals surface area contributed by atoms with Gasteiger partial charge in [0, 0.05) is 18.3 Å². The number of hydrogen-bond donors (Lipinski definition) is 2. The number of halogens is 1. The van der Waals surface area contributed by atoms with Gasteiger partial charge in [-0.15, -0.1) is 0 Å². The molecule has 2 N–H and O–H groups in total. The highest BCUT2D eigenvalue weighted by molar-refractivity contribution is 5.93. The van der Waals surface area contributed by atoms with Gasteiger partial charge in [-0.2, -0.15) is 0 Å². The van der Waals surface area contributed by atoms with Crippen LogP contribution in [0.25, 0.3) is 0 Å². The first kappa shape index (κ1) is 15.9. The molecule has 0 spiro atoms. The lowest BCUT2D eigenvalue weighted by molar-refractivity contribution is 0.0943. The molecule has 0 aliphatic heterocycles. The number of hydrogen-bond acceptors (Lipinski definition) is 4. The zero-order valence-corrected chi connectivity index (χ0v) is 12.9. The number of benzene rings is 1. The second-order valence-corrected chi connectivity index (χ2v) is 5.42. The molecule has 1 heterocycles. The maximum absolute atomic E-state index is 13.2. The summed E-state index contributed by atoms with van der Waals surface area (Å²) < 4.78 is 13.2. The van der Waals surface area contributed by atoms with E-state index in [1.54, 1.807) is 25.1 Å². The molecule has 0 atom stereocenters. The lowest BCUT2D eigenvalue weighted by atomic mass is 10.2. The van der Waals surface area contributed by atoms with Gasteiger partial charge in [-0.1, -0.05) is 19.9 Å². The quantitative estimate of drug-likeness (QED) is 0.891. The first-order valence-corrected chi connectivity index (χ1v) is 7.10. The van der Waals surface area contributed by atoms with Crippen molar-refractivity contribution in [2.24, 2.45) is 5.92 Å². The van der Waals surface area contributed by atoms with Gasteiger partial charge < -0.3 is 10.6 Å². The first-order chi connectivity index (χ1) is 10.4. The maximum atomic E-state index is 13.2. The predicted molar refractivity (Wildman–Crippen MR) is 83.6 cm³/mol. The average Bonchev–Trinajstić information content (AvgIpc) is 2.44. The lowest BCUT2D eigenvalue weighted by Crippen LogP contribution is -2.28. The summed E-state index contributed by atoms with van der Waals surface area (Å²) in [5.41, 5.74) is 0.846. The van der Waals surface area contributed by atoms with Crippen LogP contribution in [0.1, 0.15) is 30.2 Å². The molecular weight excluding hydrogens is 283 g/mol. The number of nitrogens with one attached hydrogen (secondary N) is 2. The van der Waals surface area contributed by atoms with Gasteiger partial charge in [0.2, 0.25) is 0 Å². The zero-order valence-electron chi connectivity index (χ0n) is 12.9. The van der Waals surface area contributed by atoms with E-state index in [2.05, 4.69) is 20.6 Å².